The van der Waals surface area contributed by atoms with Gasteiger partial charge < -0.3 is 20.1 Å². The van der Waals surface area contributed by atoms with Gasteiger partial charge in [-0.2, -0.15) is 0 Å². The predicted octanol–water partition coefficient (Wildman–Crippen LogP) is 4.41. The summed E-state index contributed by atoms with van der Waals surface area (Å²) >= 11 is 6.05. The van der Waals surface area contributed by atoms with Crippen molar-refractivity contribution in [2.75, 3.05) is 26.8 Å². The second-order valence-electron chi connectivity index (χ2n) is 9.09. The van der Waals surface area contributed by atoms with Gasteiger partial charge in [0.2, 0.25) is 5.91 Å². The molecule has 2 atom stereocenters. The molecule has 0 saturated carbocycles. The Hall–Kier alpha value is -2.90. The van der Waals surface area contributed by atoms with Crippen LogP contribution >= 0.6 is 11.6 Å². The third kappa shape index (κ3) is 7.80. The number of carbonyl (C=O) groups excluding carboxylic acids is 1. The van der Waals surface area contributed by atoms with Gasteiger partial charge in [-0.3, -0.25) is 9.69 Å². The molecule has 3 aromatic carbocycles. The summed E-state index contributed by atoms with van der Waals surface area (Å²) in [5.41, 5.74) is 3.43. The molecule has 0 aliphatic carbocycles. The summed E-state index contributed by atoms with van der Waals surface area (Å²) in [6, 6.07) is 26.1. The minimum absolute atomic E-state index is 0.0432. The average molecular weight is 508 g/mol. The summed E-state index contributed by atoms with van der Waals surface area (Å²) in [6.45, 7) is 3.74. The van der Waals surface area contributed by atoms with E-state index in [0.29, 0.717) is 37.9 Å². The molecule has 7 heteroatoms. The SMILES string of the molecule is COCCNC(=O)[C@@H]1C[C@H](NCc2cccc(OCc3ccccc3)c2)CN1Cc1ccc(Cl)cc1. The van der Waals surface area contributed by atoms with E-state index in [1.807, 2.05) is 54.6 Å². The highest BCUT2D eigenvalue weighted by Gasteiger charge is 2.36. The minimum Gasteiger partial charge on any atom is -0.489 e. The first kappa shape index (κ1) is 26.2. The van der Waals surface area contributed by atoms with Gasteiger partial charge in [0.1, 0.15) is 12.4 Å². The Morgan fingerprint density at radius 3 is 2.56 bits per heavy atom. The molecule has 36 heavy (non-hydrogen) atoms. The largest absolute Gasteiger partial charge is 0.489 e. The quantitative estimate of drug-likeness (QED) is 0.355. The Bertz CT molecular complexity index is 1090. The maximum Gasteiger partial charge on any atom is 0.237 e. The second kappa shape index (κ2) is 13.4. The zero-order chi connectivity index (χ0) is 25.2. The van der Waals surface area contributed by atoms with Gasteiger partial charge in [0, 0.05) is 44.4 Å². The van der Waals surface area contributed by atoms with Crippen LogP contribution in [0.25, 0.3) is 0 Å². The molecular weight excluding hydrogens is 474 g/mol. The van der Waals surface area contributed by atoms with Crippen LogP contribution in [-0.2, 0) is 29.2 Å². The van der Waals surface area contributed by atoms with Crippen molar-refractivity contribution < 1.29 is 14.3 Å². The van der Waals surface area contributed by atoms with Crippen molar-refractivity contribution in [3.05, 3.63) is 101 Å². The lowest BCUT2D eigenvalue weighted by atomic mass is 10.1. The van der Waals surface area contributed by atoms with Crippen molar-refractivity contribution in [2.45, 2.75) is 38.2 Å². The van der Waals surface area contributed by atoms with Gasteiger partial charge in [0.05, 0.1) is 12.6 Å². The predicted molar refractivity (Wildman–Crippen MR) is 143 cm³/mol. The number of benzene rings is 3. The number of nitrogens with zero attached hydrogens (tertiary/aromatic N) is 1. The summed E-state index contributed by atoms with van der Waals surface area (Å²) in [5.74, 6) is 0.894. The van der Waals surface area contributed by atoms with Gasteiger partial charge in [-0.1, -0.05) is 66.2 Å². The Balaban J connectivity index is 1.34. The number of methoxy groups -OCH3 is 1. The van der Waals surface area contributed by atoms with Crippen LogP contribution in [0.3, 0.4) is 0 Å². The molecule has 0 unspecified atom stereocenters. The molecule has 1 fully saturated rings. The van der Waals surface area contributed by atoms with E-state index in [9.17, 15) is 4.79 Å². The average Bonchev–Trinajstić information content (AvgIpc) is 3.31. The number of hydrogen-bond acceptors (Lipinski definition) is 5. The van der Waals surface area contributed by atoms with E-state index in [2.05, 4.69) is 39.8 Å². The molecular formula is C29H34ClN3O3. The van der Waals surface area contributed by atoms with Crippen molar-refractivity contribution in [2.24, 2.45) is 0 Å². The topological polar surface area (TPSA) is 62.8 Å². The van der Waals surface area contributed by atoms with Crippen LogP contribution in [0.1, 0.15) is 23.1 Å². The van der Waals surface area contributed by atoms with Crippen molar-refractivity contribution >= 4 is 17.5 Å². The van der Waals surface area contributed by atoms with Crippen LogP contribution in [0.15, 0.2) is 78.9 Å². The van der Waals surface area contributed by atoms with E-state index in [1.165, 1.54) is 0 Å². The van der Waals surface area contributed by atoms with E-state index in [-0.39, 0.29) is 18.0 Å². The maximum atomic E-state index is 13.0. The van der Waals surface area contributed by atoms with Gasteiger partial charge in [-0.25, -0.2) is 0 Å². The summed E-state index contributed by atoms with van der Waals surface area (Å²) < 4.78 is 11.1. The van der Waals surface area contributed by atoms with Gasteiger partial charge in [-0.15, -0.1) is 0 Å². The zero-order valence-electron chi connectivity index (χ0n) is 20.7. The molecule has 3 aromatic rings. The molecule has 0 bridgehead atoms. The van der Waals surface area contributed by atoms with Crippen molar-refractivity contribution in [1.82, 2.24) is 15.5 Å². The number of amides is 1. The maximum absolute atomic E-state index is 13.0. The first-order valence-electron chi connectivity index (χ1n) is 12.3. The van der Waals surface area contributed by atoms with Gasteiger partial charge in [0.15, 0.2) is 0 Å². The van der Waals surface area contributed by atoms with Crippen molar-refractivity contribution in [3.63, 3.8) is 0 Å². The summed E-state index contributed by atoms with van der Waals surface area (Å²) in [7, 11) is 1.64. The monoisotopic (exact) mass is 507 g/mol. The highest BCUT2D eigenvalue weighted by molar-refractivity contribution is 6.30. The van der Waals surface area contributed by atoms with E-state index in [0.717, 1.165) is 35.4 Å². The molecule has 4 rings (SSSR count). The number of nitrogens with one attached hydrogen (secondary N) is 2. The molecule has 1 aliphatic rings. The molecule has 0 spiro atoms. The minimum atomic E-state index is -0.199. The van der Waals surface area contributed by atoms with Gasteiger partial charge in [-0.05, 0) is 47.4 Å². The molecule has 190 valence electrons. The molecule has 0 radical (unpaired) electrons. The standard InChI is InChI=1S/C29H34ClN3O3/c1-35-15-14-31-29(34)28-17-26(20-33(28)19-22-10-12-25(30)13-11-22)32-18-24-8-5-9-27(16-24)36-21-23-6-3-2-4-7-23/h2-13,16,26,28,32H,14-15,17-21H2,1H3,(H,31,34)/t26-,28-/m0/s1. The van der Waals surface area contributed by atoms with Gasteiger partial charge >= 0.3 is 0 Å². The lowest BCUT2D eigenvalue weighted by Crippen LogP contribution is -2.43. The first-order chi connectivity index (χ1) is 17.6. The number of ether oxygens (including phenoxy) is 2. The third-order valence-corrected chi connectivity index (χ3v) is 6.60. The highest BCUT2D eigenvalue weighted by atomic mass is 35.5. The highest BCUT2D eigenvalue weighted by Crippen LogP contribution is 2.23. The fourth-order valence-electron chi connectivity index (χ4n) is 4.47. The van der Waals surface area contributed by atoms with Crippen LogP contribution in [0.4, 0.5) is 0 Å². The smallest absolute Gasteiger partial charge is 0.237 e. The van der Waals surface area contributed by atoms with Crippen LogP contribution in [0, 0.1) is 0 Å². The molecule has 1 aliphatic heterocycles. The molecule has 2 N–H and O–H groups in total. The van der Waals surface area contributed by atoms with Crippen LogP contribution in [0.2, 0.25) is 5.02 Å². The molecule has 1 saturated heterocycles. The molecule has 6 nitrogen and oxygen atoms in total. The van der Waals surface area contributed by atoms with E-state index in [1.54, 1.807) is 7.11 Å². The molecule has 0 aromatic heterocycles. The second-order valence-corrected chi connectivity index (χ2v) is 9.53. The third-order valence-electron chi connectivity index (χ3n) is 6.35. The molecule has 1 heterocycles. The van der Waals surface area contributed by atoms with Crippen LogP contribution in [-0.4, -0.2) is 49.7 Å². The summed E-state index contributed by atoms with van der Waals surface area (Å²) in [6.07, 6.45) is 0.747. The lowest BCUT2D eigenvalue weighted by Gasteiger charge is -2.23. The lowest BCUT2D eigenvalue weighted by molar-refractivity contribution is -0.125. The van der Waals surface area contributed by atoms with Crippen LogP contribution in [0.5, 0.6) is 5.75 Å². The molecule has 1 amide bonds. The normalized spacial score (nSPS) is 17.7. The van der Waals surface area contributed by atoms with E-state index >= 15 is 0 Å². The number of rotatable bonds is 12. The number of likely N-dealkylation sites (tertiary alicyclic amines) is 1. The fourth-order valence-corrected chi connectivity index (χ4v) is 4.59. The number of hydrogen-bond donors (Lipinski definition) is 2. The zero-order valence-corrected chi connectivity index (χ0v) is 21.4. The summed E-state index contributed by atoms with van der Waals surface area (Å²) in [4.78, 5) is 15.2. The van der Waals surface area contributed by atoms with Crippen molar-refractivity contribution in [1.29, 1.82) is 0 Å². The Kier molecular flexibility index (Phi) is 9.76. The number of carbonyl (C=O) groups is 1. The van der Waals surface area contributed by atoms with E-state index < -0.39 is 0 Å². The summed E-state index contributed by atoms with van der Waals surface area (Å²) in [5, 5.41) is 7.37. The van der Waals surface area contributed by atoms with Crippen LogP contribution < -0.4 is 15.4 Å². The fraction of sp³-hybridized carbons (Fsp3) is 0.345. The Labute approximate surface area is 218 Å². The van der Waals surface area contributed by atoms with Gasteiger partial charge in [0.25, 0.3) is 0 Å². The Morgan fingerprint density at radius 1 is 1.00 bits per heavy atom. The number of halogens is 1. The first-order valence-corrected chi connectivity index (χ1v) is 12.7. The van der Waals surface area contributed by atoms with Crippen molar-refractivity contribution in [3.8, 4) is 5.75 Å². The van der Waals surface area contributed by atoms with E-state index in [4.69, 9.17) is 21.1 Å². The Morgan fingerprint density at radius 2 is 1.78 bits per heavy atom.